The van der Waals surface area contributed by atoms with Crippen molar-refractivity contribution in [3.63, 3.8) is 0 Å². The van der Waals surface area contributed by atoms with E-state index in [0.29, 0.717) is 11.7 Å². The summed E-state index contributed by atoms with van der Waals surface area (Å²) in [6.45, 7) is 1.74. The zero-order valence-corrected chi connectivity index (χ0v) is 10.3. The van der Waals surface area contributed by atoms with E-state index in [1.165, 1.54) is 0 Å². The molecule has 0 aliphatic carbocycles. The monoisotopic (exact) mass is 241 g/mol. The van der Waals surface area contributed by atoms with Crippen LogP contribution in [0.3, 0.4) is 0 Å². The highest BCUT2D eigenvalue weighted by molar-refractivity contribution is 6.05. The molecule has 4 nitrogen and oxygen atoms in total. The van der Waals surface area contributed by atoms with Crippen molar-refractivity contribution in [3.8, 4) is 0 Å². The molecule has 0 unspecified atom stereocenters. The van der Waals surface area contributed by atoms with Gasteiger partial charge in [-0.2, -0.15) is 0 Å². The molecule has 92 valence electrons. The number of hydrogen-bond acceptors (Lipinski definition) is 3. The van der Waals surface area contributed by atoms with Crippen LogP contribution in [0.25, 0.3) is 10.8 Å². The fourth-order valence-corrected chi connectivity index (χ4v) is 2.17. The van der Waals surface area contributed by atoms with Crippen LogP contribution in [0.2, 0.25) is 0 Å². The highest BCUT2D eigenvalue weighted by atomic mass is 16.2. The van der Waals surface area contributed by atoms with E-state index in [9.17, 15) is 4.79 Å². The van der Waals surface area contributed by atoms with Crippen molar-refractivity contribution in [2.24, 2.45) is 0 Å². The Kier molecular flexibility index (Phi) is 2.72. The summed E-state index contributed by atoms with van der Waals surface area (Å²) in [6.07, 6.45) is 1.70. The van der Waals surface area contributed by atoms with Gasteiger partial charge in [0, 0.05) is 31.7 Å². The molecule has 2 aromatic rings. The number of carbonyl (C=O) groups excluding carboxylic acids is 1. The third kappa shape index (κ3) is 1.75. The molecule has 1 amide bonds. The van der Waals surface area contributed by atoms with Gasteiger partial charge in [0.2, 0.25) is 0 Å². The van der Waals surface area contributed by atoms with Crippen LogP contribution in [-0.2, 0) is 0 Å². The molecule has 0 bridgehead atoms. The molecule has 0 spiro atoms. The summed E-state index contributed by atoms with van der Waals surface area (Å²) in [4.78, 5) is 18.5. The van der Waals surface area contributed by atoms with Gasteiger partial charge in [-0.05, 0) is 11.5 Å². The summed E-state index contributed by atoms with van der Waals surface area (Å²) in [5.74, 6) is -0.00157. The van der Waals surface area contributed by atoms with Gasteiger partial charge < -0.3 is 10.2 Å². The minimum atomic E-state index is -0.00157. The van der Waals surface area contributed by atoms with Crippen molar-refractivity contribution in [3.05, 3.63) is 42.2 Å². The summed E-state index contributed by atoms with van der Waals surface area (Å²) in [5, 5.41) is 5.14. The van der Waals surface area contributed by atoms with Crippen molar-refractivity contribution in [2.45, 2.75) is 6.04 Å². The predicted molar refractivity (Wildman–Crippen MR) is 70.5 cm³/mol. The molecule has 3 rings (SSSR count). The maximum atomic E-state index is 12.4. The Bertz CT molecular complexity index is 587. The minimum Gasteiger partial charge on any atom is -0.335 e. The Balaban J connectivity index is 2.00. The maximum absolute atomic E-state index is 12.4. The molecule has 1 fully saturated rings. The SMILES string of the molecule is CN(C(=O)c1nccc2ccccc12)C1CNC1. The first kappa shape index (κ1) is 11.2. The maximum Gasteiger partial charge on any atom is 0.273 e. The number of pyridine rings is 1. The summed E-state index contributed by atoms with van der Waals surface area (Å²) < 4.78 is 0. The van der Waals surface area contributed by atoms with Crippen molar-refractivity contribution >= 4 is 16.7 Å². The van der Waals surface area contributed by atoms with Gasteiger partial charge in [0.15, 0.2) is 0 Å². The van der Waals surface area contributed by atoms with Crippen molar-refractivity contribution in [1.29, 1.82) is 0 Å². The second-order valence-corrected chi connectivity index (χ2v) is 4.61. The van der Waals surface area contributed by atoms with E-state index >= 15 is 0 Å². The summed E-state index contributed by atoms with van der Waals surface area (Å²) in [5.41, 5.74) is 0.544. The van der Waals surface area contributed by atoms with Gasteiger partial charge in [0.1, 0.15) is 5.69 Å². The van der Waals surface area contributed by atoms with Crippen LogP contribution in [0.5, 0.6) is 0 Å². The average Bonchev–Trinajstić information content (AvgIpc) is 2.35. The molecule has 0 saturated carbocycles. The van der Waals surface area contributed by atoms with E-state index in [1.54, 1.807) is 11.1 Å². The number of carbonyl (C=O) groups is 1. The van der Waals surface area contributed by atoms with Gasteiger partial charge in [-0.3, -0.25) is 9.78 Å². The fraction of sp³-hybridized carbons (Fsp3) is 0.286. The van der Waals surface area contributed by atoms with Gasteiger partial charge >= 0.3 is 0 Å². The number of rotatable bonds is 2. The molecule has 1 saturated heterocycles. The number of fused-ring (bicyclic) bond motifs is 1. The number of nitrogens with zero attached hydrogens (tertiary/aromatic N) is 2. The van der Waals surface area contributed by atoms with Gasteiger partial charge in [-0.25, -0.2) is 0 Å². The van der Waals surface area contributed by atoms with Gasteiger partial charge in [0.05, 0.1) is 6.04 Å². The first-order chi connectivity index (χ1) is 8.77. The molecule has 1 aliphatic heterocycles. The van der Waals surface area contributed by atoms with Gasteiger partial charge in [0.25, 0.3) is 5.91 Å². The van der Waals surface area contributed by atoms with Crippen molar-refractivity contribution < 1.29 is 4.79 Å². The van der Waals surface area contributed by atoms with Gasteiger partial charge in [-0.1, -0.05) is 24.3 Å². The summed E-state index contributed by atoms with van der Waals surface area (Å²) >= 11 is 0. The second-order valence-electron chi connectivity index (χ2n) is 4.61. The van der Waals surface area contributed by atoms with Crippen molar-refractivity contribution in [1.82, 2.24) is 15.2 Å². The first-order valence-corrected chi connectivity index (χ1v) is 6.09. The number of benzene rings is 1. The molecule has 0 radical (unpaired) electrons. The zero-order valence-electron chi connectivity index (χ0n) is 10.3. The molecule has 1 aliphatic rings. The molecular weight excluding hydrogens is 226 g/mol. The van der Waals surface area contributed by atoms with Crippen LogP contribution in [0.4, 0.5) is 0 Å². The smallest absolute Gasteiger partial charge is 0.273 e. The van der Waals surface area contributed by atoms with Crippen LogP contribution < -0.4 is 5.32 Å². The average molecular weight is 241 g/mol. The molecule has 1 aromatic heterocycles. The Morgan fingerprint density at radius 1 is 1.33 bits per heavy atom. The van der Waals surface area contributed by atoms with E-state index in [-0.39, 0.29) is 5.91 Å². The zero-order chi connectivity index (χ0) is 12.5. The van der Waals surface area contributed by atoms with Crippen LogP contribution in [0, 0.1) is 0 Å². The number of amides is 1. The summed E-state index contributed by atoms with van der Waals surface area (Å²) in [7, 11) is 1.84. The van der Waals surface area contributed by atoms with Crippen LogP contribution in [-0.4, -0.2) is 42.0 Å². The van der Waals surface area contributed by atoms with E-state index < -0.39 is 0 Å². The lowest BCUT2D eigenvalue weighted by Crippen LogP contribution is -2.57. The molecule has 4 heteroatoms. The Morgan fingerprint density at radius 2 is 2.11 bits per heavy atom. The lowest BCUT2D eigenvalue weighted by Gasteiger charge is -2.35. The van der Waals surface area contributed by atoms with E-state index in [1.807, 2.05) is 37.4 Å². The molecular formula is C14H15N3O. The van der Waals surface area contributed by atoms with Crippen LogP contribution >= 0.6 is 0 Å². The van der Waals surface area contributed by atoms with Crippen molar-refractivity contribution in [2.75, 3.05) is 20.1 Å². The topological polar surface area (TPSA) is 45.2 Å². The predicted octanol–water partition coefficient (Wildman–Crippen LogP) is 1.28. The van der Waals surface area contributed by atoms with Crippen LogP contribution in [0.15, 0.2) is 36.5 Å². The normalized spacial score (nSPS) is 15.4. The third-order valence-corrected chi connectivity index (χ3v) is 3.50. The lowest BCUT2D eigenvalue weighted by molar-refractivity contribution is 0.0677. The lowest BCUT2D eigenvalue weighted by atomic mass is 10.1. The van der Waals surface area contributed by atoms with E-state index in [2.05, 4.69) is 10.3 Å². The largest absolute Gasteiger partial charge is 0.335 e. The Hall–Kier alpha value is -1.94. The number of nitrogens with one attached hydrogen (secondary N) is 1. The minimum absolute atomic E-state index is 0.00157. The highest BCUT2D eigenvalue weighted by Crippen LogP contribution is 2.18. The molecule has 0 atom stereocenters. The quantitative estimate of drug-likeness (QED) is 0.861. The van der Waals surface area contributed by atoms with Crippen LogP contribution in [0.1, 0.15) is 10.5 Å². The molecule has 1 aromatic carbocycles. The van der Waals surface area contributed by atoms with Gasteiger partial charge in [-0.15, -0.1) is 0 Å². The summed E-state index contributed by atoms with van der Waals surface area (Å²) in [6, 6.07) is 10.1. The second kappa shape index (κ2) is 4.38. The fourth-order valence-electron chi connectivity index (χ4n) is 2.17. The number of aromatic nitrogens is 1. The van der Waals surface area contributed by atoms with E-state index in [0.717, 1.165) is 23.9 Å². The standard InChI is InChI=1S/C14H15N3O/c1-17(11-8-15-9-11)14(18)13-12-5-3-2-4-10(12)6-7-16-13/h2-7,11,15H,8-9H2,1H3. The Morgan fingerprint density at radius 3 is 2.83 bits per heavy atom. The first-order valence-electron chi connectivity index (χ1n) is 6.09. The number of hydrogen-bond donors (Lipinski definition) is 1. The Labute approximate surface area is 106 Å². The molecule has 1 N–H and O–H groups in total. The number of likely N-dealkylation sites (N-methyl/N-ethyl adjacent to an activating group) is 1. The van der Waals surface area contributed by atoms with E-state index in [4.69, 9.17) is 0 Å². The highest BCUT2D eigenvalue weighted by Gasteiger charge is 2.27. The molecule has 2 heterocycles. The molecule has 18 heavy (non-hydrogen) atoms. The third-order valence-electron chi connectivity index (χ3n) is 3.50.